The highest BCUT2D eigenvalue weighted by Gasteiger charge is 2.34. The van der Waals surface area contributed by atoms with Crippen molar-refractivity contribution in [2.24, 2.45) is 11.7 Å². The highest BCUT2D eigenvalue weighted by molar-refractivity contribution is 6.31. The first-order chi connectivity index (χ1) is 14.6. The minimum atomic E-state index is -4.57. The first-order valence-electron chi connectivity index (χ1n) is 9.60. The van der Waals surface area contributed by atoms with Crippen molar-refractivity contribution in [1.82, 2.24) is 15.0 Å². The van der Waals surface area contributed by atoms with Crippen molar-refractivity contribution < 1.29 is 18.0 Å². The number of fused-ring (bicyclic) bond motifs is 1. The molecule has 3 aromatic rings. The molecule has 3 rings (SSSR count). The molecule has 0 fully saturated rings. The molecule has 0 aliphatic rings. The number of carbonyl (C=O) groups is 1. The molecule has 6 nitrogen and oxygen atoms in total. The van der Waals surface area contributed by atoms with Gasteiger partial charge in [-0.25, -0.2) is 9.97 Å². The molecular weight excluding hydrogens is 431 g/mol. The van der Waals surface area contributed by atoms with Crippen LogP contribution in [0.4, 0.5) is 19.0 Å². The van der Waals surface area contributed by atoms with Crippen molar-refractivity contribution in [2.45, 2.75) is 38.9 Å². The van der Waals surface area contributed by atoms with E-state index in [1.54, 1.807) is 6.07 Å². The lowest BCUT2D eigenvalue weighted by atomic mass is 9.96. The summed E-state index contributed by atoms with van der Waals surface area (Å²) in [4.78, 5) is 24.2. The molecule has 164 valence electrons. The van der Waals surface area contributed by atoms with Crippen LogP contribution in [0.3, 0.4) is 0 Å². The van der Waals surface area contributed by atoms with Gasteiger partial charge in [0.15, 0.2) is 5.82 Å². The Morgan fingerprint density at radius 1 is 1.13 bits per heavy atom. The number of primary amides is 1. The van der Waals surface area contributed by atoms with E-state index in [0.717, 1.165) is 12.5 Å². The third-order valence-electron chi connectivity index (χ3n) is 4.83. The van der Waals surface area contributed by atoms with Crippen LogP contribution < -0.4 is 11.1 Å². The third kappa shape index (κ3) is 5.22. The van der Waals surface area contributed by atoms with E-state index >= 15 is 0 Å². The zero-order valence-electron chi connectivity index (χ0n) is 16.9. The highest BCUT2D eigenvalue weighted by atomic mass is 35.5. The summed E-state index contributed by atoms with van der Waals surface area (Å²) in [5.41, 5.74) is 5.67. The van der Waals surface area contributed by atoms with Gasteiger partial charge in [-0.2, -0.15) is 13.2 Å². The monoisotopic (exact) mass is 451 g/mol. The van der Waals surface area contributed by atoms with E-state index in [9.17, 15) is 18.0 Å². The fourth-order valence-electron chi connectivity index (χ4n) is 3.23. The number of nitrogens with zero attached hydrogens (tertiary/aromatic N) is 3. The van der Waals surface area contributed by atoms with Crippen LogP contribution in [0.2, 0.25) is 5.02 Å². The van der Waals surface area contributed by atoms with E-state index < -0.39 is 23.7 Å². The third-order valence-corrected chi connectivity index (χ3v) is 5.16. The molecular formula is C21H21ClF3N5O. The molecule has 1 atom stereocenters. The molecule has 0 aliphatic carbocycles. The number of hydrogen-bond acceptors (Lipinski definition) is 5. The number of benzene rings is 1. The second-order valence-electron chi connectivity index (χ2n) is 7.55. The van der Waals surface area contributed by atoms with E-state index in [0.29, 0.717) is 29.2 Å². The predicted octanol–water partition coefficient (Wildman–Crippen LogP) is 5.39. The maximum atomic E-state index is 13.4. The van der Waals surface area contributed by atoms with Crippen LogP contribution in [0.25, 0.3) is 11.0 Å². The second kappa shape index (κ2) is 9.05. The largest absolute Gasteiger partial charge is 0.417 e. The number of hydrogen-bond donors (Lipinski definition) is 2. The van der Waals surface area contributed by atoms with Crippen LogP contribution in [-0.2, 0) is 6.18 Å². The summed E-state index contributed by atoms with van der Waals surface area (Å²) in [6.07, 6.45) is -0.622. The number of anilines is 1. The smallest absolute Gasteiger partial charge is 0.366 e. The summed E-state index contributed by atoms with van der Waals surface area (Å²) in [7, 11) is 0. The van der Waals surface area contributed by atoms with E-state index in [2.05, 4.69) is 20.3 Å². The number of amides is 1. The molecule has 0 aliphatic heterocycles. The summed E-state index contributed by atoms with van der Waals surface area (Å²) in [5, 5.41) is 2.82. The molecule has 0 saturated heterocycles. The van der Waals surface area contributed by atoms with Crippen molar-refractivity contribution in [3.63, 3.8) is 0 Å². The number of carbonyl (C=O) groups excluding carboxylic acids is 1. The van der Waals surface area contributed by atoms with Gasteiger partial charge in [-0.1, -0.05) is 31.5 Å². The Morgan fingerprint density at radius 2 is 1.87 bits per heavy atom. The summed E-state index contributed by atoms with van der Waals surface area (Å²) in [6.45, 7) is 4.06. The Kier molecular flexibility index (Phi) is 6.64. The van der Waals surface area contributed by atoms with E-state index in [1.807, 2.05) is 13.8 Å². The van der Waals surface area contributed by atoms with E-state index in [4.69, 9.17) is 17.3 Å². The number of halogens is 4. The first-order valence-corrected chi connectivity index (χ1v) is 9.98. The number of alkyl halides is 3. The highest BCUT2D eigenvalue weighted by Crippen LogP contribution is 2.37. The van der Waals surface area contributed by atoms with Gasteiger partial charge in [0.05, 0.1) is 22.2 Å². The van der Waals surface area contributed by atoms with Crippen LogP contribution >= 0.6 is 11.6 Å². The summed E-state index contributed by atoms with van der Waals surface area (Å²) in [6, 6.07) is 4.79. The molecule has 0 spiro atoms. The molecule has 1 aromatic carbocycles. The number of nitrogens with one attached hydrogen (secondary N) is 1. The van der Waals surface area contributed by atoms with Gasteiger partial charge in [-0.05, 0) is 42.5 Å². The maximum absolute atomic E-state index is 13.4. The summed E-state index contributed by atoms with van der Waals surface area (Å²) in [5.74, 6) is -0.0355. The molecule has 2 heterocycles. The van der Waals surface area contributed by atoms with Gasteiger partial charge >= 0.3 is 6.18 Å². The average molecular weight is 452 g/mol. The van der Waals surface area contributed by atoms with Crippen LogP contribution in [0, 0.1) is 5.92 Å². The van der Waals surface area contributed by atoms with Crippen molar-refractivity contribution in [3.8, 4) is 0 Å². The van der Waals surface area contributed by atoms with Gasteiger partial charge in [0.2, 0.25) is 0 Å². The fraction of sp³-hybridized carbons (Fsp3) is 0.333. The van der Waals surface area contributed by atoms with E-state index in [-0.39, 0.29) is 16.1 Å². The summed E-state index contributed by atoms with van der Waals surface area (Å²) < 4.78 is 40.1. The van der Waals surface area contributed by atoms with Crippen LogP contribution in [0.15, 0.2) is 36.8 Å². The topological polar surface area (TPSA) is 93.8 Å². The number of nitrogens with two attached hydrogens (primary N) is 1. The van der Waals surface area contributed by atoms with Crippen LogP contribution in [0.1, 0.15) is 54.2 Å². The minimum absolute atomic E-state index is 0.181. The van der Waals surface area contributed by atoms with Crippen molar-refractivity contribution in [3.05, 3.63) is 58.5 Å². The fourth-order valence-corrected chi connectivity index (χ4v) is 3.46. The van der Waals surface area contributed by atoms with Crippen molar-refractivity contribution in [1.29, 1.82) is 0 Å². The van der Waals surface area contributed by atoms with Gasteiger partial charge in [-0.3, -0.25) is 9.78 Å². The SMILES string of the molecule is CC(C)CC[C@@H](Nc1ncnc2c(C(N)=O)ccnc12)c1ccc(Cl)c(C(F)(F)F)c1. The summed E-state index contributed by atoms with van der Waals surface area (Å²) >= 11 is 5.78. The van der Waals surface area contributed by atoms with Gasteiger partial charge < -0.3 is 11.1 Å². The number of rotatable bonds is 7. The Labute approximate surface area is 182 Å². The molecule has 0 unspecified atom stereocenters. The lowest BCUT2D eigenvalue weighted by Gasteiger charge is -2.23. The quantitative estimate of drug-likeness (QED) is 0.502. The Balaban J connectivity index is 2.06. The average Bonchev–Trinajstić information content (AvgIpc) is 2.70. The van der Waals surface area contributed by atoms with Gasteiger partial charge in [0, 0.05) is 6.20 Å². The van der Waals surface area contributed by atoms with Crippen LogP contribution in [-0.4, -0.2) is 20.9 Å². The van der Waals surface area contributed by atoms with Gasteiger partial charge in [0.25, 0.3) is 5.91 Å². The van der Waals surface area contributed by atoms with Crippen molar-refractivity contribution >= 4 is 34.4 Å². The Bertz CT molecular complexity index is 1100. The molecule has 0 bridgehead atoms. The molecule has 2 aromatic heterocycles. The van der Waals surface area contributed by atoms with E-state index in [1.165, 1.54) is 24.7 Å². The number of pyridine rings is 1. The van der Waals surface area contributed by atoms with Crippen molar-refractivity contribution in [2.75, 3.05) is 5.32 Å². The lowest BCUT2D eigenvalue weighted by molar-refractivity contribution is -0.137. The zero-order valence-corrected chi connectivity index (χ0v) is 17.6. The zero-order chi connectivity index (χ0) is 22.8. The second-order valence-corrected chi connectivity index (χ2v) is 7.95. The number of aromatic nitrogens is 3. The molecule has 31 heavy (non-hydrogen) atoms. The molecule has 0 radical (unpaired) electrons. The first kappa shape index (κ1) is 22.7. The Hall–Kier alpha value is -2.94. The minimum Gasteiger partial charge on any atom is -0.366 e. The maximum Gasteiger partial charge on any atom is 0.417 e. The normalized spacial score (nSPS) is 12.9. The molecule has 10 heteroatoms. The molecule has 0 saturated carbocycles. The van der Waals surface area contributed by atoms with Gasteiger partial charge in [-0.15, -0.1) is 0 Å². The Morgan fingerprint density at radius 3 is 2.52 bits per heavy atom. The van der Waals surface area contributed by atoms with Gasteiger partial charge in [0.1, 0.15) is 17.4 Å². The lowest BCUT2D eigenvalue weighted by Crippen LogP contribution is -2.16. The van der Waals surface area contributed by atoms with Crippen LogP contribution in [0.5, 0.6) is 0 Å². The predicted molar refractivity (Wildman–Crippen MR) is 113 cm³/mol. The molecule has 3 N–H and O–H groups in total. The standard InChI is InChI=1S/C21H21ClF3N5O/c1-11(2)3-6-16(12-4-5-15(22)14(9-12)21(23,24)25)30-20-18-17(28-10-29-20)13(19(26)31)7-8-27-18/h4-5,7-11,16H,3,6H2,1-2H3,(H2,26,31)(H,28,29,30)/t16-/m1/s1. The molecule has 1 amide bonds.